The molecule has 0 spiro atoms. The second-order valence-electron chi connectivity index (χ2n) is 4.66. The molecule has 0 saturated carbocycles. The minimum atomic E-state index is 0.659. The third-order valence-corrected chi connectivity index (χ3v) is 4.55. The highest BCUT2D eigenvalue weighted by Crippen LogP contribution is 2.21. The van der Waals surface area contributed by atoms with Crippen LogP contribution in [-0.2, 0) is 6.54 Å². The smallest absolute Gasteiger partial charge is 0.0701 e. The lowest BCUT2D eigenvalue weighted by molar-refractivity contribution is 0.268. The van der Waals surface area contributed by atoms with Gasteiger partial charge >= 0.3 is 0 Å². The van der Waals surface area contributed by atoms with Crippen LogP contribution in [0.1, 0.15) is 31.6 Å². The molecule has 0 aliphatic carbocycles. The quantitative estimate of drug-likeness (QED) is 0.735. The van der Waals surface area contributed by atoms with E-state index in [9.17, 15) is 0 Å². The number of unbranched alkanes of at least 4 members (excludes halogenated alkanes) is 1. The van der Waals surface area contributed by atoms with Gasteiger partial charge in [-0.1, -0.05) is 0 Å². The molecule has 1 rings (SSSR count). The van der Waals surface area contributed by atoms with E-state index in [4.69, 9.17) is 0 Å². The van der Waals surface area contributed by atoms with Gasteiger partial charge in [-0.25, -0.2) is 0 Å². The first-order valence-corrected chi connectivity index (χ1v) is 7.85. The van der Waals surface area contributed by atoms with Crippen LogP contribution in [-0.4, -0.2) is 31.1 Å². The molecule has 0 radical (unpaired) electrons. The molecule has 0 saturated heterocycles. The van der Waals surface area contributed by atoms with Crippen molar-refractivity contribution in [1.82, 2.24) is 10.2 Å². The average Bonchev–Trinajstić information content (AvgIpc) is 2.68. The number of thiophene rings is 1. The molecular weight excluding hydrogens is 296 g/mol. The lowest BCUT2D eigenvalue weighted by atomic mass is 10.2. The molecule has 1 aromatic rings. The molecule has 0 aliphatic rings. The van der Waals surface area contributed by atoms with Gasteiger partial charge in [-0.3, -0.25) is 0 Å². The SMILES string of the molecule is CC(C)N(C)CCCCNCc1ccc(Br)s1. The molecule has 4 heteroatoms. The summed E-state index contributed by atoms with van der Waals surface area (Å²) in [5.74, 6) is 0. The topological polar surface area (TPSA) is 15.3 Å². The fraction of sp³-hybridized carbons (Fsp3) is 0.692. The van der Waals surface area contributed by atoms with E-state index in [1.165, 1.54) is 28.0 Å². The molecule has 0 fully saturated rings. The molecule has 17 heavy (non-hydrogen) atoms. The van der Waals surface area contributed by atoms with Gasteiger partial charge in [0.05, 0.1) is 3.79 Å². The lowest BCUT2D eigenvalue weighted by Gasteiger charge is -2.20. The second-order valence-corrected chi connectivity index (χ2v) is 7.21. The summed E-state index contributed by atoms with van der Waals surface area (Å²) in [7, 11) is 2.20. The van der Waals surface area contributed by atoms with Crippen LogP contribution in [0.25, 0.3) is 0 Å². The summed E-state index contributed by atoms with van der Waals surface area (Å²) >= 11 is 5.29. The maximum Gasteiger partial charge on any atom is 0.0701 e. The Morgan fingerprint density at radius 1 is 1.35 bits per heavy atom. The van der Waals surface area contributed by atoms with E-state index in [1.54, 1.807) is 11.3 Å². The zero-order valence-electron chi connectivity index (χ0n) is 11.0. The average molecular weight is 319 g/mol. The summed E-state index contributed by atoms with van der Waals surface area (Å²) in [5.41, 5.74) is 0. The standard InChI is InChI=1S/C13H23BrN2S/c1-11(2)16(3)9-5-4-8-15-10-12-6-7-13(14)17-12/h6-7,11,15H,4-5,8-10H2,1-3H3. The number of hydrogen-bond donors (Lipinski definition) is 1. The van der Waals surface area contributed by atoms with Crippen molar-refractivity contribution in [2.75, 3.05) is 20.1 Å². The van der Waals surface area contributed by atoms with Crippen molar-refractivity contribution in [3.05, 3.63) is 20.8 Å². The van der Waals surface area contributed by atoms with E-state index in [-0.39, 0.29) is 0 Å². The van der Waals surface area contributed by atoms with Crippen LogP contribution in [0.4, 0.5) is 0 Å². The van der Waals surface area contributed by atoms with Gasteiger partial charge in [-0.15, -0.1) is 11.3 Å². The summed E-state index contributed by atoms with van der Waals surface area (Å²) < 4.78 is 1.22. The second kappa shape index (κ2) is 8.25. The van der Waals surface area contributed by atoms with Crippen LogP contribution in [0, 0.1) is 0 Å². The third-order valence-electron chi connectivity index (χ3n) is 2.92. The Balaban J connectivity index is 1.98. The molecule has 2 nitrogen and oxygen atoms in total. The number of nitrogens with one attached hydrogen (secondary N) is 1. The predicted octanol–water partition coefficient (Wildman–Crippen LogP) is 3.72. The molecule has 0 amide bonds. The fourth-order valence-corrected chi connectivity index (χ4v) is 2.98. The highest BCUT2D eigenvalue weighted by atomic mass is 79.9. The monoisotopic (exact) mass is 318 g/mol. The molecule has 0 atom stereocenters. The van der Waals surface area contributed by atoms with Crippen molar-refractivity contribution in [2.45, 2.75) is 39.3 Å². The van der Waals surface area contributed by atoms with Crippen LogP contribution in [0.15, 0.2) is 15.9 Å². The largest absolute Gasteiger partial charge is 0.312 e. The Kier molecular flexibility index (Phi) is 7.35. The van der Waals surface area contributed by atoms with Crippen molar-refractivity contribution in [1.29, 1.82) is 0 Å². The number of nitrogens with zero attached hydrogens (tertiary/aromatic N) is 1. The van der Waals surface area contributed by atoms with Gasteiger partial charge in [0.2, 0.25) is 0 Å². The Morgan fingerprint density at radius 3 is 2.71 bits per heavy atom. The van der Waals surface area contributed by atoms with Gasteiger partial charge in [0.15, 0.2) is 0 Å². The first-order valence-electron chi connectivity index (χ1n) is 6.24. The molecule has 0 aromatic carbocycles. The van der Waals surface area contributed by atoms with Crippen LogP contribution in [0.2, 0.25) is 0 Å². The molecule has 1 N–H and O–H groups in total. The molecule has 1 heterocycles. The number of hydrogen-bond acceptors (Lipinski definition) is 3. The molecule has 0 unspecified atom stereocenters. The first kappa shape index (κ1) is 15.2. The van der Waals surface area contributed by atoms with Crippen LogP contribution in [0.3, 0.4) is 0 Å². The van der Waals surface area contributed by atoms with Gasteiger partial charge in [0.1, 0.15) is 0 Å². The van der Waals surface area contributed by atoms with Gasteiger partial charge in [-0.05, 0) is 74.9 Å². The Hall–Kier alpha value is 0.1000. The van der Waals surface area contributed by atoms with E-state index in [0.717, 1.165) is 13.1 Å². The predicted molar refractivity (Wildman–Crippen MR) is 80.7 cm³/mol. The van der Waals surface area contributed by atoms with Crippen molar-refractivity contribution >= 4 is 27.3 Å². The van der Waals surface area contributed by atoms with Gasteiger partial charge in [0.25, 0.3) is 0 Å². The van der Waals surface area contributed by atoms with Crippen LogP contribution < -0.4 is 5.32 Å². The van der Waals surface area contributed by atoms with Crippen molar-refractivity contribution in [3.63, 3.8) is 0 Å². The zero-order chi connectivity index (χ0) is 12.7. The Bertz CT molecular complexity index is 312. The Morgan fingerprint density at radius 2 is 2.12 bits per heavy atom. The van der Waals surface area contributed by atoms with E-state index in [0.29, 0.717) is 6.04 Å². The van der Waals surface area contributed by atoms with Crippen LogP contribution >= 0.6 is 27.3 Å². The summed E-state index contributed by atoms with van der Waals surface area (Å²) in [5, 5.41) is 3.49. The van der Waals surface area contributed by atoms with Crippen LogP contribution in [0.5, 0.6) is 0 Å². The van der Waals surface area contributed by atoms with Crippen molar-refractivity contribution in [3.8, 4) is 0 Å². The highest BCUT2D eigenvalue weighted by Gasteiger charge is 2.01. The minimum absolute atomic E-state index is 0.659. The molecule has 98 valence electrons. The summed E-state index contributed by atoms with van der Waals surface area (Å²) in [6, 6.07) is 4.94. The van der Waals surface area contributed by atoms with Crippen molar-refractivity contribution in [2.24, 2.45) is 0 Å². The summed E-state index contributed by atoms with van der Waals surface area (Å²) in [6.45, 7) is 7.79. The van der Waals surface area contributed by atoms with Gasteiger partial charge in [0, 0.05) is 17.5 Å². The van der Waals surface area contributed by atoms with Gasteiger partial charge < -0.3 is 10.2 Å². The maximum atomic E-state index is 3.49. The highest BCUT2D eigenvalue weighted by molar-refractivity contribution is 9.11. The molecule has 0 aliphatic heterocycles. The minimum Gasteiger partial charge on any atom is -0.312 e. The van der Waals surface area contributed by atoms with E-state index >= 15 is 0 Å². The van der Waals surface area contributed by atoms with Gasteiger partial charge in [-0.2, -0.15) is 0 Å². The summed E-state index contributed by atoms with van der Waals surface area (Å²) in [6.07, 6.45) is 2.53. The molecule has 0 bridgehead atoms. The summed E-state index contributed by atoms with van der Waals surface area (Å²) in [4.78, 5) is 3.80. The number of halogens is 1. The maximum absolute atomic E-state index is 3.49. The van der Waals surface area contributed by atoms with E-state index in [2.05, 4.69) is 59.2 Å². The fourth-order valence-electron chi connectivity index (χ4n) is 1.53. The van der Waals surface area contributed by atoms with E-state index < -0.39 is 0 Å². The lowest BCUT2D eigenvalue weighted by Crippen LogP contribution is -2.27. The third kappa shape index (κ3) is 6.55. The van der Waals surface area contributed by atoms with Crippen molar-refractivity contribution < 1.29 is 0 Å². The molecule has 1 aromatic heterocycles. The first-order chi connectivity index (χ1) is 8.09. The normalized spacial score (nSPS) is 11.6. The number of rotatable bonds is 8. The zero-order valence-corrected chi connectivity index (χ0v) is 13.4. The Labute approximate surface area is 118 Å². The van der Waals surface area contributed by atoms with E-state index in [1.807, 2.05) is 0 Å². The molecular formula is C13H23BrN2S.